The Labute approximate surface area is 193 Å². The quantitative estimate of drug-likeness (QED) is 0.431. The van der Waals surface area contributed by atoms with Crippen molar-refractivity contribution in [1.29, 1.82) is 5.26 Å². The Hall–Kier alpha value is -2.87. The smallest absolute Gasteiger partial charge is 0.274 e. The molecule has 1 saturated heterocycles. The van der Waals surface area contributed by atoms with E-state index in [1.807, 2.05) is 0 Å². The Morgan fingerprint density at radius 3 is 2.53 bits per heavy atom. The molecule has 5 nitrogen and oxygen atoms in total. The molecule has 3 heterocycles. The van der Waals surface area contributed by atoms with Crippen LogP contribution in [0.1, 0.15) is 17.5 Å². The number of nitrogens with zero attached hydrogens (tertiary/aromatic N) is 3. The van der Waals surface area contributed by atoms with Crippen molar-refractivity contribution in [3.05, 3.63) is 64.0 Å². The van der Waals surface area contributed by atoms with Gasteiger partial charge in [0.2, 0.25) is 11.8 Å². The van der Waals surface area contributed by atoms with Crippen molar-refractivity contribution in [3.63, 3.8) is 0 Å². The molecule has 0 aliphatic carbocycles. The van der Waals surface area contributed by atoms with Crippen LogP contribution in [0.3, 0.4) is 0 Å². The average molecular weight is 494 g/mol. The van der Waals surface area contributed by atoms with Crippen LogP contribution in [0.2, 0.25) is 5.02 Å². The third-order valence-corrected chi connectivity index (χ3v) is 6.94. The Morgan fingerprint density at radius 2 is 1.94 bits per heavy atom. The van der Waals surface area contributed by atoms with Gasteiger partial charge in [0.05, 0.1) is 32.6 Å². The highest BCUT2D eigenvalue weighted by molar-refractivity contribution is 8.00. The van der Waals surface area contributed by atoms with Crippen LogP contribution in [-0.4, -0.2) is 22.0 Å². The number of hydrogen-bond acceptors (Lipinski definition) is 6. The number of imide groups is 1. The molecule has 2 amide bonds. The zero-order valence-electron chi connectivity index (χ0n) is 15.9. The second-order valence-electron chi connectivity index (χ2n) is 6.68. The largest absolute Gasteiger partial charge is 0.417 e. The molecule has 11 heteroatoms. The van der Waals surface area contributed by atoms with Crippen LogP contribution in [-0.2, 0) is 15.8 Å². The molecule has 1 aliphatic heterocycles. The number of carbonyl (C=O) groups excluding carboxylic acids is 2. The summed E-state index contributed by atoms with van der Waals surface area (Å²) in [4.78, 5) is 31.1. The molecule has 1 aromatic carbocycles. The second kappa shape index (κ2) is 8.58. The van der Waals surface area contributed by atoms with Gasteiger partial charge in [-0.1, -0.05) is 29.4 Å². The Kier molecular flexibility index (Phi) is 5.99. The number of amides is 2. The van der Waals surface area contributed by atoms with Crippen LogP contribution in [0.15, 0.2) is 52.9 Å². The van der Waals surface area contributed by atoms with Crippen LogP contribution in [0.4, 0.5) is 18.9 Å². The third kappa shape index (κ3) is 4.24. The number of aromatic nitrogens is 1. The molecule has 1 atom stereocenters. The molecule has 0 saturated carbocycles. The predicted molar refractivity (Wildman–Crippen MR) is 115 cm³/mol. The van der Waals surface area contributed by atoms with E-state index in [2.05, 4.69) is 4.98 Å². The summed E-state index contributed by atoms with van der Waals surface area (Å²) >= 11 is 7.74. The second-order valence-corrected chi connectivity index (χ2v) is 9.25. The molecule has 4 rings (SSSR count). The van der Waals surface area contributed by atoms with Crippen molar-refractivity contribution in [3.8, 4) is 16.6 Å². The molecule has 2 aromatic heterocycles. The number of alkyl halides is 3. The minimum absolute atomic E-state index is 0.0418. The third-order valence-electron chi connectivity index (χ3n) is 4.62. The number of halogens is 4. The number of benzene rings is 1. The summed E-state index contributed by atoms with van der Waals surface area (Å²) in [7, 11) is 0. The lowest BCUT2D eigenvalue weighted by molar-refractivity contribution is -0.138. The number of thiophene rings is 1. The fourth-order valence-corrected chi connectivity index (χ4v) is 5.12. The van der Waals surface area contributed by atoms with E-state index >= 15 is 0 Å². The van der Waals surface area contributed by atoms with Gasteiger partial charge in [-0.15, -0.1) is 11.3 Å². The molecule has 1 fully saturated rings. The molecular formula is C21H11ClF3N3O2S2. The van der Waals surface area contributed by atoms with Gasteiger partial charge in [0, 0.05) is 11.4 Å². The minimum Gasteiger partial charge on any atom is -0.274 e. The number of anilines is 1. The lowest BCUT2D eigenvalue weighted by Gasteiger charge is -2.16. The lowest BCUT2D eigenvalue weighted by Crippen LogP contribution is -2.31. The number of thioether (sulfide) groups is 1. The molecule has 0 radical (unpaired) electrons. The molecular weight excluding hydrogens is 483 g/mol. The first kappa shape index (κ1) is 22.3. The maximum atomic E-state index is 13.7. The fraction of sp³-hybridized carbons (Fsp3) is 0.143. The van der Waals surface area contributed by atoms with Crippen molar-refractivity contribution < 1.29 is 22.8 Å². The highest BCUT2D eigenvalue weighted by Crippen LogP contribution is 2.41. The monoisotopic (exact) mass is 493 g/mol. The summed E-state index contributed by atoms with van der Waals surface area (Å²) in [6, 6.07) is 11.7. The number of hydrogen-bond donors (Lipinski definition) is 0. The normalized spacial score (nSPS) is 16.5. The van der Waals surface area contributed by atoms with E-state index in [0.717, 1.165) is 11.0 Å². The average Bonchev–Trinajstić information content (AvgIpc) is 3.36. The predicted octanol–water partition coefficient (Wildman–Crippen LogP) is 5.78. The number of rotatable bonds is 4. The standard InChI is InChI=1S/C21H11ClF3N3O2S2/c22-11-3-5-12(6-4-11)28-18(29)9-17(20(28)30)32-19-13(10-26)14(21(23,24)25)8-15(27-19)16-2-1-7-31-16/h1-8,17H,9H2/t17-/m0/s1. The molecule has 162 valence electrons. The van der Waals surface area contributed by atoms with Gasteiger partial charge >= 0.3 is 6.18 Å². The van der Waals surface area contributed by atoms with E-state index in [-0.39, 0.29) is 17.1 Å². The van der Waals surface area contributed by atoms with Crippen LogP contribution >= 0.6 is 34.7 Å². The van der Waals surface area contributed by atoms with Crippen molar-refractivity contribution in [2.75, 3.05) is 4.90 Å². The fourth-order valence-electron chi connectivity index (χ4n) is 3.18. The van der Waals surface area contributed by atoms with Crippen LogP contribution in [0.5, 0.6) is 0 Å². The van der Waals surface area contributed by atoms with Gasteiger partial charge in [0.1, 0.15) is 11.1 Å². The van der Waals surface area contributed by atoms with Crippen molar-refractivity contribution in [2.45, 2.75) is 22.9 Å². The van der Waals surface area contributed by atoms with E-state index in [4.69, 9.17) is 11.6 Å². The van der Waals surface area contributed by atoms with Crippen LogP contribution in [0, 0.1) is 11.3 Å². The Bertz CT molecular complexity index is 1240. The highest BCUT2D eigenvalue weighted by Gasteiger charge is 2.42. The Morgan fingerprint density at radius 1 is 1.22 bits per heavy atom. The summed E-state index contributed by atoms with van der Waals surface area (Å²) < 4.78 is 41.0. The van der Waals surface area contributed by atoms with Crippen LogP contribution in [0.25, 0.3) is 10.6 Å². The maximum absolute atomic E-state index is 13.7. The van der Waals surface area contributed by atoms with E-state index in [9.17, 15) is 28.0 Å². The number of nitriles is 1. The summed E-state index contributed by atoms with van der Waals surface area (Å²) in [6.45, 7) is 0. The first-order chi connectivity index (χ1) is 15.2. The van der Waals surface area contributed by atoms with E-state index < -0.39 is 34.4 Å². The van der Waals surface area contributed by atoms with E-state index in [1.54, 1.807) is 23.6 Å². The van der Waals surface area contributed by atoms with Crippen molar-refractivity contribution >= 4 is 52.2 Å². The first-order valence-corrected chi connectivity index (χ1v) is 11.2. The summed E-state index contributed by atoms with van der Waals surface area (Å²) in [5.41, 5.74) is -1.45. The van der Waals surface area contributed by atoms with Gasteiger partial charge in [-0.2, -0.15) is 18.4 Å². The van der Waals surface area contributed by atoms with Gasteiger partial charge in [0.15, 0.2) is 0 Å². The van der Waals surface area contributed by atoms with E-state index in [0.29, 0.717) is 27.3 Å². The van der Waals surface area contributed by atoms with Crippen LogP contribution < -0.4 is 4.90 Å². The molecule has 3 aromatic rings. The molecule has 32 heavy (non-hydrogen) atoms. The SMILES string of the molecule is N#Cc1c(C(F)(F)F)cc(-c2cccs2)nc1S[C@H]1CC(=O)N(c2ccc(Cl)cc2)C1=O. The summed E-state index contributed by atoms with van der Waals surface area (Å²) in [5, 5.41) is 10.3. The van der Waals surface area contributed by atoms with E-state index in [1.165, 1.54) is 35.6 Å². The molecule has 0 N–H and O–H groups in total. The van der Waals surface area contributed by atoms with Crippen molar-refractivity contribution in [2.24, 2.45) is 0 Å². The zero-order chi connectivity index (χ0) is 23.0. The van der Waals surface area contributed by atoms with Crippen molar-refractivity contribution in [1.82, 2.24) is 4.98 Å². The van der Waals surface area contributed by atoms with Gasteiger partial charge in [-0.25, -0.2) is 9.88 Å². The topological polar surface area (TPSA) is 74.1 Å². The molecule has 0 spiro atoms. The molecule has 1 aliphatic rings. The maximum Gasteiger partial charge on any atom is 0.417 e. The molecule has 0 bridgehead atoms. The Balaban J connectivity index is 1.73. The van der Waals surface area contributed by atoms with Gasteiger partial charge < -0.3 is 0 Å². The summed E-state index contributed by atoms with van der Waals surface area (Å²) in [5.74, 6) is -1.10. The first-order valence-electron chi connectivity index (χ1n) is 9.04. The number of pyridine rings is 1. The zero-order valence-corrected chi connectivity index (χ0v) is 18.3. The minimum atomic E-state index is -4.79. The van der Waals surface area contributed by atoms with Gasteiger partial charge in [-0.05, 0) is 41.8 Å². The number of carbonyl (C=O) groups is 2. The lowest BCUT2D eigenvalue weighted by atomic mass is 10.1. The molecule has 0 unspecified atom stereocenters. The summed E-state index contributed by atoms with van der Waals surface area (Å²) in [6.07, 6.45) is -5.02. The van der Waals surface area contributed by atoms with Gasteiger partial charge in [-0.3, -0.25) is 9.59 Å². The van der Waals surface area contributed by atoms with Gasteiger partial charge in [0.25, 0.3) is 0 Å². The highest BCUT2D eigenvalue weighted by atomic mass is 35.5.